The highest BCUT2D eigenvalue weighted by Crippen LogP contribution is 2.30. The summed E-state index contributed by atoms with van der Waals surface area (Å²) in [7, 11) is 1.53. The molecule has 0 atom stereocenters. The first-order valence-electron chi connectivity index (χ1n) is 7.01. The number of aliphatic carboxylic acids is 1. The molecule has 0 radical (unpaired) electrons. The summed E-state index contributed by atoms with van der Waals surface area (Å²) in [5.74, 6) is -0.0701. The molecule has 122 valence electrons. The van der Waals surface area contributed by atoms with Crippen LogP contribution in [0.2, 0.25) is 5.02 Å². The van der Waals surface area contributed by atoms with Crippen molar-refractivity contribution in [1.82, 2.24) is 9.38 Å². The molecule has 0 aliphatic heterocycles. The maximum atomic E-state index is 11.0. The van der Waals surface area contributed by atoms with Crippen molar-refractivity contribution in [3.8, 4) is 5.75 Å². The van der Waals surface area contributed by atoms with Crippen LogP contribution in [0.3, 0.4) is 0 Å². The summed E-state index contributed by atoms with van der Waals surface area (Å²) in [6.07, 6.45) is 1.52. The zero-order chi connectivity index (χ0) is 17.1. The molecule has 1 aromatic carbocycles. The zero-order valence-corrected chi connectivity index (χ0v) is 13.4. The molecule has 0 saturated heterocycles. The van der Waals surface area contributed by atoms with Gasteiger partial charge in [0.2, 0.25) is 0 Å². The van der Waals surface area contributed by atoms with Gasteiger partial charge < -0.3 is 9.84 Å². The Bertz CT molecular complexity index is 936. The number of rotatable bonds is 5. The Kier molecular flexibility index (Phi) is 4.43. The molecule has 2 aromatic heterocycles. The van der Waals surface area contributed by atoms with E-state index in [-0.39, 0.29) is 6.42 Å². The summed E-state index contributed by atoms with van der Waals surface area (Å²) in [5, 5.41) is 17.8. The third-order valence-corrected chi connectivity index (χ3v) is 3.58. The number of halogens is 1. The second-order valence-corrected chi connectivity index (χ2v) is 5.31. The number of aromatic nitrogens is 2. The van der Waals surface area contributed by atoms with E-state index in [2.05, 4.69) is 15.2 Å². The monoisotopic (exact) mass is 344 g/mol. The van der Waals surface area contributed by atoms with Gasteiger partial charge in [-0.25, -0.2) is 4.98 Å². The molecule has 0 aliphatic rings. The zero-order valence-electron chi connectivity index (χ0n) is 12.7. The van der Waals surface area contributed by atoms with Crippen LogP contribution in [0.1, 0.15) is 5.69 Å². The fourth-order valence-electron chi connectivity index (χ4n) is 2.22. The second-order valence-electron chi connectivity index (χ2n) is 4.90. The first kappa shape index (κ1) is 15.9. The number of benzene rings is 1. The van der Waals surface area contributed by atoms with Crippen molar-refractivity contribution in [2.75, 3.05) is 7.11 Å². The molecule has 0 aliphatic carbocycles. The van der Waals surface area contributed by atoms with Gasteiger partial charge in [0.25, 0.3) is 0 Å². The molecular weight excluding hydrogens is 332 g/mol. The van der Waals surface area contributed by atoms with Crippen LogP contribution in [0, 0.1) is 0 Å². The van der Waals surface area contributed by atoms with E-state index < -0.39 is 5.97 Å². The average molecular weight is 345 g/mol. The number of carboxylic acid groups (broad SMARTS) is 1. The van der Waals surface area contributed by atoms with Crippen LogP contribution >= 0.6 is 11.6 Å². The number of imidazole rings is 1. The Hall–Kier alpha value is -2.93. The van der Waals surface area contributed by atoms with Crippen molar-refractivity contribution in [2.45, 2.75) is 6.42 Å². The van der Waals surface area contributed by atoms with Gasteiger partial charge in [-0.2, -0.15) is 0 Å². The summed E-state index contributed by atoms with van der Waals surface area (Å²) in [4.78, 5) is 15.3. The molecule has 0 bridgehead atoms. The number of nitrogens with zero attached hydrogens (tertiary/aromatic N) is 4. The van der Waals surface area contributed by atoms with Crippen LogP contribution in [0.4, 0.5) is 11.5 Å². The van der Waals surface area contributed by atoms with Crippen molar-refractivity contribution in [3.63, 3.8) is 0 Å². The average Bonchev–Trinajstić information content (AvgIpc) is 2.89. The number of azo groups is 1. The van der Waals surface area contributed by atoms with E-state index in [4.69, 9.17) is 21.4 Å². The maximum Gasteiger partial charge on any atom is 0.309 e. The van der Waals surface area contributed by atoms with Gasteiger partial charge in [0.15, 0.2) is 5.82 Å². The van der Waals surface area contributed by atoms with E-state index in [0.717, 1.165) is 0 Å². The van der Waals surface area contributed by atoms with E-state index in [1.807, 2.05) is 12.1 Å². The first-order chi connectivity index (χ1) is 11.6. The standard InChI is InChI=1S/C16H13ClN4O3/c1-24-13-6-5-10(8-11(13)17)19-20-16-12(9-15(22)23)18-14-4-2-3-7-21(14)16/h2-8H,9H2,1H3,(H,22,23). The molecule has 0 unspecified atom stereocenters. The lowest BCUT2D eigenvalue weighted by Gasteiger charge is -2.02. The van der Waals surface area contributed by atoms with Gasteiger partial charge in [0, 0.05) is 6.20 Å². The number of hydrogen-bond donors (Lipinski definition) is 1. The summed E-state index contributed by atoms with van der Waals surface area (Å²) in [6, 6.07) is 10.4. The van der Waals surface area contributed by atoms with Crippen LogP contribution in [0.25, 0.3) is 5.65 Å². The van der Waals surface area contributed by atoms with Crippen molar-refractivity contribution >= 4 is 34.7 Å². The van der Waals surface area contributed by atoms with Gasteiger partial charge in [0.1, 0.15) is 11.4 Å². The van der Waals surface area contributed by atoms with Crippen molar-refractivity contribution < 1.29 is 14.6 Å². The molecule has 0 amide bonds. The van der Waals surface area contributed by atoms with Gasteiger partial charge in [-0.05, 0) is 30.3 Å². The molecule has 24 heavy (non-hydrogen) atoms. The molecule has 2 heterocycles. The predicted octanol–water partition coefficient (Wildman–Crippen LogP) is 4.04. The molecule has 0 spiro atoms. The van der Waals surface area contributed by atoms with E-state index in [1.54, 1.807) is 34.9 Å². The highest BCUT2D eigenvalue weighted by Gasteiger charge is 2.14. The van der Waals surface area contributed by atoms with E-state index in [9.17, 15) is 4.79 Å². The fourth-order valence-corrected chi connectivity index (χ4v) is 2.47. The van der Waals surface area contributed by atoms with Crippen molar-refractivity contribution in [3.05, 3.63) is 53.3 Å². The first-order valence-corrected chi connectivity index (χ1v) is 7.39. The van der Waals surface area contributed by atoms with E-state index >= 15 is 0 Å². The second kappa shape index (κ2) is 6.67. The molecule has 0 saturated carbocycles. The largest absolute Gasteiger partial charge is 0.495 e. The Labute approximate surface area is 142 Å². The van der Waals surface area contributed by atoms with Crippen molar-refractivity contribution in [2.24, 2.45) is 10.2 Å². The Morgan fingerprint density at radius 2 is 2.17 bits per heavy atom. The summed E-state index contributed by atoms with van der Waals surface area (Å²) in [6.45, 7) is 0. The Morgan fingerprint density at radius 3 is 2.88 bits per heavy atom. The third kappa shape index (κ3) is 3.21. The van der Waals surface area contributed by atoms with Gasteiger partial charge in [-0.15, -0.1) is 10.2 Å². The SMILES string of the molecule is COc1ccc(N=Nc2c(CC(=O)O)nc3ccccn23)cc1Cl. The van der Waals surface area contributed by atoms with Crippen molar-refractivity contribution in [1.29, 1.82) is 0 Å². The molecule has 7 nitrogen and oxygen atoms in total. The minimum Gasteiger partial charge on any atom is -0.495 e. The molecule has 8 heteroatoms. The number of carboxylic acids is 1. The number of fused-ring (bicyclic) bond motifs is 1. The molecule has 0 fully saturated rings. The minimum atomic E-state index is -0.984. The smallest absolute Gasteiger partial charge is 0.309 e. The lowest BCUT2D eigenvalue weighted by molar-refractivity contribution is -0.136. The quantitative estimate of drug-likeness (QED) is 0.707. The number of carbonyl (C=O) groups is 1. The lowest BCUT2D eigenvalue weighted by atomic mass is 10.3. The fraction of sp³-hybridized carbons (Fsp3) is 0.125. The van der Waals surface area contributed by atoms with Gasteiger partial charge in [0.05, 0.1) is 29.9 Å². The van der Waals surface area contributed by atoms with Crippen LogP contribution < -0.4 is 4.74 Å². The Morgan fingerprint density at radius 1 is 1.33 bits per heavy atom. The lowest BCUT2D eigenvalue weighted by Crippen LogP contribution is -2.00. The summed E-state index contributed by atoms with van der Waals surface area (Å²) in [5.41, 5.74) is 1.47. The highest BCUT2D eigenvalue weighted by molar-refractivity contribution is 6.32. The number of hydrogen-bond acceptors (Lipinski definition) is 5. The topological polar surface area (TPSA) is 88.5 Å². The number of methoxy groups -OCH3 is 1. The molecule has 3 rings (SSSR count). The summed E-state index contributed by atoms with van der Waals surface area (Å²) >= 11 is 6.06. The minimum absolute atomic E-state index is 0.237. The maximum absolute atomic E-state index is 11.0. The molecule has 1 N–H and O–H groups in total. The predicted molar refractivity (Wildman–Crippen MR) is 88.7 cm³/mol. The van der Waals surface area contributed by atoms with Crippen LogP contribution in [-0.2, 0) is 11.2 Å². The Balaban J connectivity index is 2.02. The molecule has 3 aromatic rings. The molecular formula is C16H13ClN4O3. The van der Waals surface area contributed by atoms with Crippen LogP contribution in [0.15, 0.2) is 52.8 Å². The highest BCUT2D eigenvalue weighted by atomic mass is 35.5. The van der Waals surface area contributed by atoms with Crippen LogP contribution in [0.5, 0.6) is 5.75 Å². The third-order valence-electron chi connectivity index (χ3n) is 3.29. The van der Waals surface area contributed by atoms with E-state index in [0.29, 0.717) is 33.6 Å². The number of ether oxygens (including phenoxy) is 1. The van der Waals surface area contributed by atoms with Gasteiger partial charge in [-0.1, -0.05) is 17.7 Å². The van der Waals surface area contributed by atoms with Gasteiger partial charge >= 0.3 is 5.97 Å². The van der Waals surface area contributed by atoms with Crippen LogP contribution in [-0.4, -0.2) is 27.6 Å². The van der Waals surface area contributed by atoms with Gasteiger partial charge in [-0.3, -0.25) is 9.20 Å². The summed E-state index contributed by atoms with van der Waals surface area (Å²) < 4.78 is 6.77. The normalized spacial score (nSPS) is 11.2. The number of pyridine rings is 1. The van der Waals surface area contributed by atoms with E-state index in [1.165, 1.54) is 7.11 Å².